The molecule has 0 amide bonds. The van der Waals surface area contributed by atoms with Gasteiger partial charge in [-0.05, 0) is 29.3 Å². The van der Waals surface area contributed by atoms with E-state index in [1.807, 2.05) is 11.3 Å². The summed E-state index contributed by atoms with van der Waals surface area (Å²) in [6.07, 6.45) is 4.55. The van der Waals surface area contributed by atoms with Gasteiger partial charge in [0.1, 0.15) is 0 Å². The Morgan fingerprint density at radius 1 is 1.05 bits per heavy atom. The molecule has 0 saturated heterocycles. The van der Waals surface area contributed by atoms with E-state index >= 15 is 0 Å². The monoisotopic (exact) mass is 390 g/mol. The van der Waals surface area contributed by atoms with Crippen LogP contribution in [-0.4, -0.2) is 4.43 Å². The molecule has 0 fully saturated rings. The van der Waals surface area contributed by atoms with E-state index in [9.17, 15) is 0 Å². The van der Waals surface area contributed by atoms with Crippen molar-refractivity contribution in [3.63, 3.8) is 0 Å². The normalized spacial score (nSPS) is 13.3. The van der Waals surface area contributed by atoms with Crippen LogP contribution >= 0.6 is 33.9 Å². The molecule has 0 aliphatic carbocycles. The van der Waals surface area contributed by atoms with Gasteiger partial charge in [0.15, 0.2) is 0 Å². The van der Waals surface area contributed by atoms with E-state index < -0.39 is 0 Å². The van der Waals surface area contributed by atoms with Crippen molar-refractivity contribution in [3.8, 4) is 11.1 Å². The van der Waals surface area contributed by atoms with Crippen molar-refractivity contribution in [2.45, 2.75) is 6.92 Å². The van der Waals surface area contributed by atoms with E-state index in [0.717, 1.165) is 4.43 Å². The Balaban J connectivity index is 2.46. The van der Waals surface area contributed by atoms with Crippen LogP contribution in [0.2, 0.25) is 0 Å². The van der Waals surface area contributed by atoms with Crippen molar-refractivity contribution in [3.05, 3.63) is 58.3 Å². The Morgan fingerprint density at radius 3 is 2.55 bits per heavy atom. The fraction of sp³-hybridized carbons (Fsp3) is 0.111. The number of rotatable bonds is 2. The van der Waals surface area contributed by atoms with Crippen molar-refractivity contribution in [1.82, 2.24) is 0 Å². The standard InChI is InChI=1S/C18H15IS/c1-2-16-15(11-12-19)18-14(9-6-10-17(18)20-16)13-7-4-3-5-8-13/h2-11H,12H2,1H3/b15-11+,16-2+. The van der Waals surface area contributed by atoms with Crippen molar-refractivity contribution in [1.29, 1.82) is 0 Å². The highest BCUT2D eigenvalue weighted by atomic mass is 127. The average molecular weight is 390 g/mol. The second-order valence-corrected chi connectivity index (χ2v) is 6.54. The Hall–Kier alpha value is -1.13. The molecule has 0 atom stereocenters. The number of hydrogen-bond donors (Lipinski definition) is 0. The fourth-order valence-electron chi connectivity index (χ4n) is 2.54. The van der Waals surface area contributed by atoms with Gasteiger partial charge in [-0.2, -0.15) is 0 Å². The molecule has 0 radical (unpaired) electrons. The van der Waals surface area contributed by atoms with Gasteiger partial charge in [0, 0.05) is 19.0 Å². The lowest BCUT2D eigenvalue weighted by Gasteiger charge is -2.03. The van der Waals surface area contributed by atoms with Gasteiger partial charge in [-0.25, -0.2) is 0 Å². The summed E-state index contributed by atoms with van der Waals surface area (Å²) in [7, 11) is 0. The lowest BCUT2D eigenvalue weighted by Crippen LogP contribution is -2.18. The molecule has 0 saturated carbocycles. The quantitative estimate of drug-likeness (QED) is 0.444. The van der Waals surface area contributed by atoms with Crippen LogP contribution in [0.5, 0.6) is 0 Å². The highest BCUT2D eigenvalue weighted by Gasteiger charge is 2.07. The first-order valence-corrected chi connectivity index (χ1v) is 8.99. The number of thiophene rings is 1. The van der Waals surface area contributed by atoms with Gasteiger partial charge < -0.3 is 0 Å². The summed E-state index contributed by atoms with van der Waals surface area (Å²) >= 11 is 4.30. The van der Waals surface area contributed by atoms with Crippen LogP contribution in [0.15, 0.2) is 48.5 Å². The van der Waals surface area contributed by atoms with Gasteiger partial charge in [-0.15, -0.1) is 11.3 Å². The zero-order chi connectivity index (χ0) is 13.9. The molecular formula is C18H15IS. The van der Waals surface area contributed by atoms with Crippen molar-refractivity contribution < 1.29 is 0 Å². The van der Waals surface area contributed by atoms with Crippen LogP contribution in [0.4, 0.5) is 0 Å². The summed E-state index contributed by atoms with van der Waals surface area (Å²) < 4.78 is 3.78. The highest BCUT2D eigenvalue weighted by Crippen LogP contribution is 2.27. The van der Waals surface area contributed by atoms with Gasteiger partial charge in [-0.1, -0.05) is 77.2 Å². The minimum atomic E-state index is 1.04. The molecule has 0 N–H and O–H groups in total. The summed E-state index contributed by atoms with van der Waals surface area (Å²) in [4.78, 5) is 0. The van der Waals surface area contributed by atoms with Crippen LogP contribution in [0.3, 0.4) is 0 Å². The first-order valence-electron chi connectivity index (χ1n) is 6.64. The summed E-state index contributed by atoms with van der Waals surface area (Å²) in [5.74, 6) is 0. The van der Waals surface area contributed by atoms with E-state index in [-0.39, 0.29) is 0 Å². The van der Waals surface area contributed by atoms with Gasteiger partial charge in [-0.3, -0.25) is 0 Å². The maximum atomic E-state index is 2.42. The third-order valence-electron chi connectivity index (χ3n) is 3.41. The summed E-state index contributed by atoms with van der Waals surface area (Å²) in [5, 5.41) is 2.79. The van der Waals surface area contributed by atoms with E-state index in [1.165, 1.54) is 31.0 Å². The predicted octanol–water partition coefficient (Wildman–Crippen LogP) is 4.58. The van der Waals surface area contributed by atoms with Crippen LogP contribution in [0.1, 0.15) is 6.92 Å². The van der Waals surface area contributed by atoms with Crippen LogP contribution in [-0.2, 0) is 0 Å². The topological polar surface area (TPSA) is 0 Å². The van der Waals surface area contributed by atoms with Gasteiger partial charge in [0.25, 0.3) is 0 Å². The zero-order valence-electron chi connectivity index (χ0n) is 11.3. The minimum absolute atomic E-state index is 1.04. The average Bonchev–Trinajstić information content (AvgIpc) is 2.86. The first kappa shape index (κ1) is 13.8. The summed E-state index contributed by atoms with van der Waals surface area (Å²) in [6, 6.07) is 17.3. The Labute approximate surface area is 136 Å². The maximum absolute atomic E-state index is 2.42. The van der Waals surface area contributed by atoms with Crippen LogP contribution in [0.25, 0.3) is 33.4 Å². The summed E-state index contributed by atoms with van der Waals surface area (Å²) in [5.41, 5.74) is 2.63. The molecule has 0 aliphatic rings. The van der Waals surface area contributed by atoms with Crippen molar-refractivity contribution in [2.75, 3.05) is 4.43 Å². The highest BCUT2D eigenvalue weighted by molar-refractivity contribution is 14.1. The van der Waals surface area contributed by atoms with Gasteiger partial charge in [0.2, 0.25) is 0 Å². The predicted molar refractivity (Wildman–Crippen MR) is 100 cm³/mol. The Bertz CT molecular complexity index is 844. The molecule has 1 heterocycles. The fourth-order valence-corrected chi connectivity index (χ4v) is 4.10. The number of benzene rings is 2. The van der Waals surface area contributed by atoms with E-state index in [1.54, 1.807) is 0 Å². The van der Waals surface area contributed by atoms with Gasteiger partial charge in [0.05, 0.1) is 0 Å². The smallest absolute Gasteiger partial charge is 0.0361 e. The Kier molecular flexibility index (Phi) is 4.22. The van der Waals surface area contributed by atoms with E-state index in [4.69, 9.17) is 0 Å². The largest absolute Gasteiger partial charge is 0.136 e. The van der Waals surface area contributed by atoms with Crippen LogP contribution < -0.4 is 9.75 Å². The SMILES string of the molecule is C/C=c1/sc2cccc(-c3ccccc3)c2/c1=C/CI. The number of halogens is 1. The second kappa shape index (κ2) is 6.10. The Morgan fingerprint density at radius 2 is 1.85 bits per heavy atom. The van der Waals surface area contributed by atoms with Crippen molar-refractivity contribution >= 4 is 56.2 Å². The molecule has 0 aliphatic heterocycles. The van der Waals surface area contributed by atoms with Gasteiger partial charge >= 0.3 is 0 Å². The lowest BCUT2D eigenvalue weighted by molar-refractivity contribution is 1.64. The molecule has 2 aromatic carbocycles. The molecule has 3 rings (SSSR count). The first-order chi connectivity index (χ1) is 9.85. The van der Waals surface area contributed by atoms with E-state index in [0.29, 0.717) is 0 Å². The lowest BCUT2D eigenvalue weighted by atomic mass is 10.0. The zero-order valence-corrected chi connectivity index (χ0v) is 14.2. The molecule has 20 heavy (non-hydrogen) atoms. The summed E-state index contributed by atoms with van der Waals surface area (Å²) in [6.45, 7) is 2.12. The minimum Gasteiger partial charge on any atom is -0.136 e. The second-order valence-electron chi connectivity index (χ2n) is 4.57. The van der Waals surface area contributed by atoms with Crippen LogP contribution in [0, 0.1) is 0 Å². The molecule has 2 heteroatoms. The maximum Gasteiger partial charge on any atom is 0.0361 e. The molecule has 3 aromatic rings. The molecule has 1 aromatic heterocycles. The number of hydrogen-bond acceptors (Lipinski definition) is 1. The van der Waals surface area contributed by atoms with E-state index in [2.05, 4.69) is 90.2 Å². The third kappa shape index (κ3) is 2.42. The number of fused-ring (bicyclic) bond motifs is 1. The molecule has 100 valence electrons. The number of alkyl halides is 1. The molecule has 0 unspecified atom stereocenters. The molecular weight excluding hydrogens is 375 g/mol. The third-order valence-corrected chi connectivity index (χ3v) is 5.09. The molecule has 0 nitrogen and oxygen atoms in total. The molecule has 0 bridgehead atoms. The molecule has 0 spiro atoms. The van der Waals surface area contributed by atoms with Crippen molar-refractivity contribution in [2.24, 2.45) is 0 Å².